The van der Waals surface area contributed by atoms with Crippen LogP contribution in [-0.4, -0.2) is 23.1 Å². The minimum Gasteiger partial charge on any atom is -0.316 e. The van der Waals surface area contributed by atoms with Gasteiger partial charge < -0.3 is 5.32 Å². The Morgan fingerprint density at radius 3 is 2.78 bits per heavy atom. The number of halogens is 1. The van der Waals surface area contributed by atoms with E-state index < -0.39 is 10.8 Å². The minimum absolute atomic E-state index is 0.275. The van der Waals surface area contributed by atoms with Crippen molar-refractivity contribution in [2.75, 3.05) is 12.8 Å². The lowest BCUT2D eigenvalue weighted by Gasteiger charge is -2.22. The highest BCUT2D eigenvalue weighted by Gasteiger charge is 2.25. The van der Waals surface area contributed by atoms with E-state index in [1.54, 1.807) is 12.1 Å². The monoisotopic (exact) mass is 269 g/mol. The summed E-state index contributed by atoms with van der Waals surface area (Å²) in [6.07, 6.45) is 4.97. The van der Waals surface area contributed by atoms with Gasteiger partial charge in [0.05, 0.1) is 10.8 Å². The molecular weight excluding hydrogens is 249 g/mol. The van der Waals surface area contributed by atoms with Crippen LogP contribution >= 0.6 is 0 Å². The first kappa shape index (κ1) is 13.7. The van der Waals surface area contributed by atoms with E-state index in [0.29, 0.717) is 16.6 Å². The molecule has 0 amide bonds. The standard InChI is InChI=1S/C14H20FNOS/c1-16-14(11-5-2-3-6-11)10-18(17)13-8-4-7-12(15)9-13/h4,7-9,11,14,16H,2-3,5-6,10H2,1H3. The molecule has 1 aromatic rings. The Kier molecular flexibility index (Phi) is 4.89. The van der Waals surface area contributed by atoms with Crippen LogP contribution in [0.3, 0.4) is 0 Å². The molecule has 1 aliphatic rings. The van der Waals surface area contributed by atoms with Crippen molar-refractivity contribution in [2.24, 2.45) is 5.92 Å². The first-order valence-electron chi connectivity index (χ1n) is 6.52. The van der Waals surface area contributed by atoms with E-state index in [4.69, 9.17) is 0 Å². The molecule has 0 aliphatic heterocycles. The second-order valence-electron chi connectivity index (χ2n) is 4.91. The molecule has 4 heteroatoms. The fourth-order valence-corrected chi connectivity index (χ4v) is 4.11. The van der Waals surface area contributed by atoms with E-state index in [-0.39, 0.29) is 11.9 Å². The van der Waals surface area contributed by atoms with Gasteiger partial charge in [-0.15, -0.1) is 0 Å². The first-order valence-corrected chi connectivity index (χ1v) is 7.84. The third kappa shape index (κ3) is 3.39. The molecule has 0 heterocycles. The van der Waals surface area contributed by atoms with Crippen molar-refractivity contribution < 1.29 is 8.60 Å². The summed E-state index contributed by atoms with van der Waals surface area (Å²) in [6, 6.07) is 6.38. The molecule has 0 aromatic heterocycles. The van der Waals surface area contributed by atoms with Crippen molar-refractivity contribution >= 4 is 10.8 Å². The van der Waals surface area contributed by atoms with Crippen LogP contribution in [0.2, 0.25) is 0 Å². The lowest BCUT2D eigenvalue weighted by molar-refractivity contribution is 0.408. The molecule has 1 aliphatic carbocycles. The Balaban J connectivity index is 2.00. The lowest BCUT2D eigenvalue weighted by atomic mass is 10.0. The predicted octanol–water partition coefficient (Wildman–Crippen LogP) is 2.71. The van der Waals surface area contributed by atoms with E-state index >= 15 is 0 Å². The number of benzene rings is 1. The number of hydrogen-bond acceptors (Lipinski definition) is 2. The number of rotatable bonds is 5. The van der Waals surface area contributed by atoms with E-state index in [1.165, 1.54) is 37.8 Å². The predicted molar refractivity (Wildman–Crippen MR) is 72.5 cm³/mol. The molecule has 100 valence electrons. The van der Waals surface area contributed by atoms with E-state index in [0.717, 1.165) is 0 Å². The highest BCUT2D eigenvalue weighted by Crippen LogP contribution is 2.28. The van der Waals surface area contributed by atoms with Crippen LogP contribution in [0, 0.1) is 11.7 Å². The topological polar surface area (TPSA) is 29.1 Å². The van der Waals surface area contributed by atoms with Gasteiger partial charge in [0.1, 0.15) is 5.82 Å². The smallest absolute Gasteiger partial charge is 0.124 e. The van der Waals surface area contributed by atoms with Crippen LogP contribution in [-0.2, 0) is 10.8 Å². The van der Waals surface area contributed by atoms with E-state index in [1.807, 2.05) is 7.05 Å². The maximum absolute atomic E-state index is 13.1. The zero-order valence-corrected chi connectivity index (χ0v) is 11.5. The second-order valence-corrected chi connectivity index (χ2v) is 6.41. The van der Waals surface area contributed by atoms with E-state index in [2.05, 4.69) is 5.32 Å². The van der Waals surface area contributed by atoms with Gasteiger partial charge in [-0.25, -0.2) is 4.39 Å². The maximum atomic E-state index is 13.1. The molecule has 2 atom stereocenters. The van der Waals surface area contributed by atoms with Gasteiger partial charge in [0, 0.05) is 16.7 Å². The van der Waals surface area contributed by atoms with Gasteiger partial charge in [0.15, 0.2) is 0 Å². The molecule has 2 unspecified atom stereocenters. The van der Waals surface area contributed by atoms with Gasteiger partial charge in [0.25, 0.3) is 0 Å². The average Bonchev–Trinajstić information content (AvgIpc) is 2.89. The van der Waals surface area contributed by atoms with Gasteiger partial charge in [-0.1, -0.05) is 18.9 Å². The van der Waals surface area contributed by atoms with Crippen molar-refractivity contribution in [2.45, 2.75) is 36.6 Å². The van der Waals surface area contributed by atoms with Crippen molar-refractivity contribution in [1.82, 2.24) is 5.32 Å². The quantitative estimate of drug-likeness (QED) is 0.890. The molecule has 0 spiro atoms. The largest absolute Gasteiger partial charge is 0.316 e. The molecule has 1 saturated carbocycles. The summed E-state index contributed by atoms with van der Waals surface area (Å²) in [6.45, 7) is 0. The van der Waals surface area contributed by atoms with Crippen LogP contribution in [0.1, 0.15) is 25.7 Å². The second kappa shape index (κ2) is 6.43. The molecule has 2 nitrogen and oxygen atoms in total. The molecule has 1 N–H and O–H groups in total. The summed E-state index contributed by atoms with van der Waals surface area (Å²) < 4.78 is 25.3. The molecule has 1 aromatic carbocycles. The van der Waals surface area contributed by atoms with Gasteiger partial charge >= 0.3 is 0 Å². The molecule has 1 fully saturated rings. The van der Waals surface area contributed by atoms with Gasteiger partial charge in [-0.3, -0.25) is 4.21 Å². The highest BCUT2D eigenvalue weighted by atomic mass is 32.2. The summed E-state index contributed by atoms with van der Waals surface area (Å²) in [7, 11) is 0.800. The fourth-order valence-electron chi connectivity index (χ4n) is 2.68. The van der Waals surface area contributed by atoms with Crippen LogP contribution in [0.25, 0.3) is 0 Å². The SMILES string of the molecule is CNC(CS(=O)c1cccc(F)c1)C1CCCC1. The van der Waals surface area contributed by atoms with Crippen molar-refractivity contribution in [3.63, 3.8) is 0 Å². The molecule has 0 bridgehead atoms. The van der Waals surface area contributed by atoms with Crippen molar-refractivity contribution in [1.29, 1.82) is 0 Å². The zero-order valence-electron chi connectivity index (χ0n) is 10.7. The van der Waals surface area contributed by atoms with Crippen molar-refractivity contribution in [3.8, 4) is 0 Å². The molecule has 2 rings (SSSR count). The van der Waals surface area contributed by atoms with Crippen molar-refractivity contribution in [3.05, 3.63) is 30.1 Å². The summed E-state index contributed by atoms with van der Waals surface area (Å²) in [5.74, 6) is 0.875. The fraction of sp³-hybridized carbons (Fsp3) is 0.571. The van der Waals surface area contributed by atoms with Gasteiger partial charge in [0.2, 0.25) is 0 Å². The third-order valence-corrected chi connectivity index (χ3v) is 5.17. The Hall–Kier alpha value is -0.740. The van der Waals surface area contributed by atoms with Crippen LogP contribution < -0.4 is 5.32 Å². The molecule has 0 radical (unpaired) electrons. The number of nitrogens with one attached hydrogen (secondary N) is 1. The summed E-state index contributed by atoms with van der Waals surface area (Å²) >= 11 is 0. The normalized spacial score (nSPS) is 19.9. The zero-order chi connectivity index (χ0) is 13.0. The third-order valence-electron chi connectivity index (χ3n) is 3.73. The summed E-state index contributed by atoms with van der Waals surface area (Å²) in [5, 5.41) is 3.27. The Bertz CT molecular complexity index is 418. The number of hydrogen-bond donors (Lipinski definition) is 1. The molecule has 0 saturated heterocycles. The van der Waals surface area contributed by atoms with Gasteiger partial charge in [-0.2, -0.15) is 0 Å². The summed E-state index contributed by atoms with van der Waals surface area (Å²) in [5.41, 5.74) is 0. The lowest BCUT2D eigenvalue weighted by Crippen LogP contribution is -2.37. The Morgan fingerprint density at radius 2 is 2.17 bits per heavy atom. The van der Waals surface area contributed by atoms with Crippen LogP contribution in [0.4, 0.5) is 4.39 Å². The van der Waals surface area contributed by atoms with Crippen LogP contribution in [0.15, 0.2) is 29.2 Å². The Labute approximate surface area is 110 Å². The highest BCUT2D eigenvalue weighted by molar-refractivity contribution is 7.85. The summed E-state index contributed by atoms with van der Waals surface area (Å²) in [4.78, 5) is 0.591. The Morgan fingerprint density at radius 1 is 1.44 bits per heavy atom. The first-order chi connectivity index (χ1) is 8.70. The molecule has 18 heavy (non-hydrogen) atoms. The van der Waals surface area contributed by atoms with Gasteiger partial charge in [-0.05, 0) is 44.0 Å². The van der Waals surface area contributed by atoms with E-state index in [9.17, 15) is 8.60 Å². The minimum atomic E-state index is -1.12. The maximum Gasteiger partial charge on any atom is 0.124 e. The average molecular weight is 269 g/mol. The molecular formula is C14H20FNOS. The van der Waals surface area contributed by atoms with Crippen LogP contribution in [0.5, 0.6) is 0 Å².